The van der Waals surface area contributed by atoms with Crippen LogP contribution in [0.1, 0.15) is 29.3 Å². The van der Waals surface area contributed by atoms with Crippen molar-refractivity contribution in [1.82, 2.24) is 10.2 Å². The van der Waals surface area contributed by atoms with Gasteiger partial charge in [-0.2, -0.15) is 0 Å². The predicted molar refractivity (Wildman–Crippen MR) is 78.0 cm³/mol. The van der Waals surface area contributed by atoms with E-state index in [0.29, 0.717) is 12.1 Å². The highest BCUT2D eigenvalue weighted by Gasteiger charge is 2.16. The Morgan fingerprint density at radius 3 is 2.29 bits per heavy atom. The van der Waals surface area contributed by atoms with E-state index >= 15 is 0 Å². The van der Waals surface area contributed by atoms with E-state index < -0.39 is 5.97 Å². The van der Waals surface area contributed by atoms with E-state index in [1.54, 1.807) is 12.1 Å². The smallest absolute Gasteiger partial charge is 0.305 e. The Kier molecular flexibility index (Phi) is 6.39. The number of carbonyl (C=O) groups excluding carboxylic acids is 2. The first-order valence-corrected chi connectivity index (χ1v) is 6.72. The Morgan fingerprint density at radius 1 is 1.14 bits per heavy atom. The molecule has 1 aromatic carbocycles. The maximum Gasteiger partial charge on any atom is 0.305 e. The van der Waals surface area contributed by atoms with Crippen molar-refractivity contribution >= 4 is 17.8 Å². The van der Waals surface area contributed by atoms with Gasteiger partial charge in [0.2, 0.25) is 5.91 Å². The number of nitrogens with zero attached hydrogens (tertiary/aromatic N) is 1. The van der Waals surface area contributed by atoms with E-state index in [-0.39, 0.29) is 31.3 Å². The number of rotatable bonds is 7. The van der Waals surface area contributed by atoms with Crippen molar-refractivity contribution < 1.29 is 19.5 Å². The second kappa shape index (κ2) is 8.04. The summed E-state index contributed by atoms with van der Waals surface area (Å²) in [6, 6.07) is 7.08. The molecule has 114 valence electrons. The number of carboxylic acids is 1. The molecular formula is C15H20N2O4. The summed E-state index contributed by atoms with van der Waals surface area (Å²) >= 11 is 0. The Hall–Kier alpha value is -2.37. The van der Waals surface area contributed by atoms with Crippen LogP contribution < -0.4 is 5.32 Å². The molecule has 0 saturated heterocycles. The summed E-state index contributed by atoms with van der Waals surface area (Å²) in [5.41, 5.74) is 1.55. The van der Waals surface area contributed by atoms with E-state index in [1.165, 1.54) is 11.8 Å². The van der Waals surface area contributed by atoms with Gasteiger partial charge in [0.1, 0.15) is 0 Å². The highest BCUT2D eigenvalue weighted by Crippen LogP contribution is 2.07. The number of aliphatic carboxylic acids is 1. The van der Waals surface area contributed by atoms with E-state index in [1.807, 2.05) is 19.1 Å². The molecule has 1 aromatic rings. The van der Waals surface area contributed by atoms with E-state index in [4.69, 9.17) is 5.11 Å². The van der Waals surface area contributed by atoms with Crippen LogP contribution in [0.4, 0.5) is 0 Å². The van der Waals surface area contributed by atoms with Crippen LogP contribution in [0.25, 0.3) is 0 Å². The van der Waals surface area contributed by atoms with Crippen LogP contribution in [-0.2, 0) is 9.59 Å². The quantitative estimate of drug-likeness (QED) is 0.786. The van der Waals surface area contributed by atoms with Gasteiger partial charge in [-0.05, 0) is 19.1 Å². The molecule has 0 bridgehead atoms. The predicted octanol–water partition coefficient (Wildman–Crippen LogP) is 1.05. The van der Waals surface area contributed by atoms with Crippen LogP contribution in [0.2, 0.25) is 0 Å². The Labute approximate surface area is 123 Å². The summed E-state index contributed by atoms with van der Waals surface area (Å²) in [6.45, 7) is 4.00. The lowest BCUT2D eigenvalue weighted by atomic mass is 10.1. The lowest BCUT2D eigenvalue weighted by Gasteiger charge is -2.22. The minimum atomic E-state index is -0.962. The number of hydrogen-bond donors (Lipinski definition) is 2. The molecule has 2 N–H and O–H groups in total. The van der Waals surface area contributed by atoms with Crippen molar-refractivity contribution in [1.29, 1.82) is 0 Å². The third-order valence-electron chi connectivity index (χ3n) is 2.94. The van der Waals surface area contributed by atoms with Gasteiger partial charge in [0.15, 0.2) is 0 Å². The molecule has 2 amide bonds. The van der Waals surface area contributed by atoms with Gasteiger partial charge < -0.3 is 15.3 Å². The van der Waals surface area contributed by atoms with Crippen molar-refractivity contribution in [3.63, 3.8) is 0 Å². The van der Waals surface area contributed by atoms with E-state index in [0.717, 1.165) is 5.56 Å². The standard InChI is InChI=1S/C15H20N2O4/c1-11-3-5-13(6-4-11)15(21)17(9-7-14(19)20)10-8-16-12(2)18/h3-6H,7-10H2,1-2H3,(H,16,18)(H,19,20). The van der Waals surface area contributed by atoms with Crippen LogP contribution in [0.5, 0.6) is 0 Å². The average molecular weight is 292 g/mol. The molecule has 0 aliphatic heterocycles. The summed E-state index contributed by atoms with van der Waals surface area (Å²) in [5, 5.41) is 11.4. The van der Waals surface area contributed by atoms with Crippen molar-refractivity contribution in [2.45, 2.75) is 20.3 Å². The molecule has 0 aromatic heterocycles. The van der Waals surface area contributed by atoms with Crippen LogP contribution in [0.15, 0.2) is 24.3 Å². The summed E-state index contributed by atoms with van der Waals surface area (Å²) in [5.74, 6) is -1.38. The van der Waals surface area contributed by atoms with Crippen molar-refractivity contribution in [3.8, 4) is 0 Å². The minimum Gasteiger partial charge on any atom is -0.481 e. The number of hydrogen-bond acceptors (Lipinski definition) is 3. The molecule has 0 saturated carbocycles. The second-order valence-electron chi connectivity index (χ2n) is 4.78. The summed E-state index contributed by atoms with van der Waals surface area (Å²) in [7, 11) is 0. The zero-order valence-electron chi connectivity index (χ0n) is 12.3. The molecule has 6 nitrogen and oxygen atoms in total. The first kappa shape index (κ1) is 16.7. The lowest BCUT2D eigenvalue weighted by Crippen LogP contribution is -2.39. The van der Waals surface area contributed by atoms with E-state index in [9.17, 15) is 14.4 Å². The number of carboxylic acid groups (broad SMARTS) is 1. The topological polar surface area (TPSA) is 86.7 Å². The third kappa shape index (κ3) is 6.07. The highest BCUT2D eigenvalue weighted by molar-refractivity contribution is 5.94. The third-order valence-corrected chi connectivity index (χ3v) is 2.94. The molecule has 0 unspecified atom stereocenters. The molecule has 21 heavy (non-hydrogen) atoms. The van der Waals surface area contributed by atoms with Crippen LogP contribution in [-0.4, -0.2) is 47.4 Å². The fourth-order valence-electron chi connectivity index (χ4n) is 1.79. The number of benzene rings is 1. The zero-order chi connectivity index (χ0) is 15.8. The molecule has 6 heteroatoms. The van der Waals surface area contributed by atoms with Crippen molar-refractivity contribution in [2.75, 3.05) is 19.6 Å². The highest BCUT2D eigenvalue weighted by atomic mass is 16.4. The molecule has 0 heterocycles. The average Bonchev–Trinajstić information content (AvgIpc) is 2.42. The fraction of sp³-hybridized carbons (Fsp3) is 0.400. The summed E-state index contributed by atoms with van der Waals surface area (Å²) in [4.78, 5) is 35.3. The maximum absolute atomic E-state index is 12.4. The SMILES string of the molecule is CC(=O)NCCN(CCC(=O)O)C(=O)c1ccc(C)cc1. The molecule has 0 aliphatic rings. The molecule has 0 fully saturated rings. The summed E-state index contributed by atoms with van der Waals surface area (Å²) in [6.07, 6.45) is -0.127. The second-order valence-corrected chi connectivity index (χ2v) is 4.78. The van der Waals surface area contributed by atoms with Gasteiger partial charge in [-0.15, -0.1) is 0 Å². The van der Waals surface area contributed by atoms with Gasteiger partial charge in [-0.1, -0.05) is 17.7 Å². The van der Waals surface area contributed by atoms with Crippen molar-refractivity contribution in [2.24, 2.45) is 0 Å². The number of amides is 2. The number of nitrogens with one attached hydrogen (secondary N) is 1. The molecule has 1 rings (SSSR count). The Bertz CT molecular complexity index is 511. The van der Waals surface area contributed by atoms with Crippen molar-refractivity contribution in [3.05, 3.63) is 35.4 Å². The normalized spacial score (nSPS) is 10.0. The maximum atomic E-state index is 12.4. The molecule has 0 atom stereocenters. The van der Waals surface area contributed by atoms with Gasteiger partial charge in [0.25, 0.3) is 5.91 Å². The summed E-state index contributed by atoms with van der Waals surface area (Å²) < 4.78 is 0. The zero-order valence-corrected chi connectivity index (χ0v) is 12.3. The molecule has 0 spiro atoms. The molecule has 0 radical (unpaired) electrons. The van der Waals surface area contributed by atoms with Crippen LogP contribution >= 0.6 is 0 Å². The first-order valence-electron chi connectivity index (χ1n) is 6.72. The largest absolute Gasteiger partial charge is 0.481 e. The van der Waals surface area contributed by atoms with Gasteiger partial charge >= 0.3 is 5.97 Å². The van der Waals surface area contributed by atoms with Crippen LogP contribution in [0.3, 0.4) is 0 Å². The minimum absolute atomic E-state index is 0.113. The molecule has 0 aliphatic carbocycles. The van der Waals surface area contributed by atoms with Gasteiger partial charge in [0.05, 0.1) is 6.42 Å². The Morgan fingerprint density at radius 2 is 1.76 bits per heavy atom. The monoisotopic (exact) mass is 292 g/mol. The lowest BCUT2D eigenvalue weighted by molar-refractivity contribution is -0.137. The number of carbonyl (C=O) groups is 3. The first-order chi connectivity index (χ1) is 9.90. The fourth-order valence-corrected chi connectivity index (χ4v) is 1.79. The number of aryl methyl sites for hydroxylation is 1. The van der Waals surface area contributed by atoms with Gasteiger partial charge in [-0.3, -0.25) is 14.4 Å². The van der Waals surface area contributed by atoms with Gasteiger partial charge in [-0.25, -0.2) is 0 Å². The van der Waals surface area contributed by atoms with Gasteiger partial charge in [0, 0.05) is 32.1 Å². The van der Waals surface area contributed by atoms with E-state index in [2.05, 4.69) is 5.32 Å². The Balaban J connectivity index is 2.73. The molecular weight excluding hydrogens is 272 g/mol. The van der Waals surface area contributed by atoms with Crippen LogP contribution in [0, 0.1) is 6.92 Å².